The Labute approximate surface area is 122 Å². The maximum Gasteiger partial charge on any atom is 0.258 e. The first-order valence-electron chi connectivity index (χ1n) is 7.23. The molecule has 2 aliphatic rings. The van der Waals surface area contributed by atoms with Crippen LogP contribution in [0.25, 0.3) is 0 Å². The molecular formula is C16H15N3O2. The van der Waals surface area contributed by atoms with Gasteiger partial charge in [0.05, 0.1) is 17.8 Å². The molecule has 1 saturated carbocycles. The van der Waals surface area contributed by atoms with Crippen LogP contribution in [0.3, 0.4) is 0 Å². The van der Waals surface area contributed by atoms with Crippen LogP contribution in [0.1, 0.15) is 51.6 Å². The van der Waals surface area contributed by atoms with Gasteiger partial charge in [0, 0.05) is 23.9 Å². The minimum absolute atomic E-state index is 0.155. The van der Waals surface area contributed by atoms with Crippen molar-refractivity contribution in [2.75, 3.05) is 5.32 Å². The lowest BCUT2D eigenvalue weighted by atomic mass is 10.1. The number of nitrogens with one attached hydrogen (secondary N) is 1. The molecule has 1 aromatic heterocycles. The van der Waals surface area contributed by atoms with E-state index < -0.39 is 0 Å². The molecule has 0 atom stereocenters. The molecule has 0 bridgehead atoms. The van der Waals surface area contributed by atoms with E-state index in [2.05, 4.69) is 10.4 Å². The Morgan fingerprint density at radius 2 is 2.14 bits per heavy atom. The first kappa shape index (κ1) is 12.3. The van der Waals surface area contributed by atoms with Crippen LogP contribution in [0.2, 0.25) is 0 Å². The lowest BCUT2D eigenvalue weighted by Gasteiger charge is -2.08. The van der Waals surface area contributed by atoms with Gasteiger partial charge in [-0.15, -0.1) is 0 Å². The Morgan fingerprint density at radius 1 is 1.29 bits per heavy atom. The summed E-state index contributed by atoms with van der Waals surface area (Å²) in [6.45, 7) is 0. The van der Waals surface area contributed by atoms with Crippen molar-refractivity contribution in [2.45, 2.75) is 31.7 Å². The smallest absolute Gasteiger partial charge is 0.258 e. The molecule has 2 aromatic rings. The normalized spacial score (nSPS) is 16.9. The van der Waals surface area contributed by atoms with Gasteiger partial charge in [0.1, 0.15) is 0 Å². The van der Waals surface area contributed by atoms with Crippen LogP contribution in [-0.4, -0.2) is 21.5 Å². The van der Waals surface area contributed by atoms with Gasteiger partial charge in [0.25, 0.3) is 5.91 Å². The van der Waals surface area contributed by atoms with E-state index in [0.29, 0.717) is 24.4 Å². The Morgan fingerprint density at radius 3 is 2.95 bits per heavy atom. The number of benzene rings is 1. The first-order chi connectivity index (χ1) is 10.2. The van der Waals surface area contributed by atoms with E-state index in [1.165, 1.54) is 0 Å². The third-order valence-electron chi connectivity index (χ3n) is 4.11. The van der Waals surface area contributed by atoms with E-state index in [9.17, 15) is 9.59 Å². The second kappa shape index (κ2) is 4.55. The summed E-state index contributed by atoms with van der Waals surface area (Å²) in [5.74, 6) is -0.0164. The van der Waals surface area contributed by atoms with E-state index in [4.69, 9.17) is 0 Å². The van der Waals surface area contributed by atoms with Gasteiger partial charge in [-0.2, -0.15) is 5.10 Å². The van der Waals surface area contributed by atoms with E-state index in [1.807, 2.05) is 22.9 Å². The average Bonchev–Trinajstić information content (AvgIpc) is 3.09. The highest BCUT2D eigenvalue weighted by molar-refractivity contribution is 6.07. The van der Waals surface area contributed by atoms with E-state index in [-0.39, 0.29) is 11.7 Å². The zero-order chi connectivity index (χ0) is 14.4. The molecule has 4 rings (SSSR count). The van der Waals surface area contributed by atoms with Crippen molar-refractivity contribution in [3.8, 4) is 0 Å². The zero-order valence-electron chi connectivity index (χ0n) is 11.5. The second-order valence-corrected chi connectivity index (χ2v) is 5.65. The van der Waals surface area contributed by atoms with Crippen LogP contribution < -0.4 is 5.32 Å². The molecule has 21 heavy (non-hydrogen) atoms. The number of aromatic nitrogens is 2. The predicted octanol–water partition coefficient (Wildman–Crippen LogP) is 2.60. The lowest BCUT2D eigenvalue weighted by molar-refractivity contribution is 0.0992. The Hall–Kier alpha value is -2.43. The van der Waals surface area contributed by atoms with Gasteiger partial charge in [-0.1, -0.05) is 12.1 Å². The van der Waals surface area contributed by atoms with Crippen LogP contribution >= 0.6 is 0 Å². The Bertz CT molecular complexity index is 744. The molecule has 1 fully saturated rings. The highest BCUT2D eigenvalue weighted by Gasteiger charge is 2.26. The van der Waals surface area contributed by atoms with Crippen LogP contribution in [-0.2, 0) is 6.42 Å². The van der Waals surface area contributed by atoms with Crippen molar-refractivity contribution >= 4 is 17.4 Å². The van der Waals surface area contributed by atoms with Gasteiger partial charge >= 0.3 is 0 Å². The summed E-state index contributed by atoms with van der Waals surface area (Å²) in [6, 6.07) is 5.95. The van der Waals surface area contributed by atoms with Crippen LogP contribution in [0, 0.1) is 0 Å². The van der Waals surface area contributed by atoms with Crippen LogP contribution in [0.15, 0.2) is 30.6 Å². The third kappa shape index (κ3) is 2.14. The summed E-state index contributed by atoms with van der Waals surface area (Å²) in [5, 5.41) is 7.13. The van der Waals surface area contributed by atoms with E-state index in [1.54, 1.807) is 12.4 Å². The van der Waals surface area contributed by atoms with Crippen molar-refractivity contribution in [3.05, 3.63) is 47.3 Å². The van der Waals surface area contributed by atoms with Crippen molar-refractivity contribution in [1.82, 2.24) is 9.78 Å². The molecule has 1 aromatic carbocycles. The van der Waals surface area contributed by atoms with Gasteiger partial charge in [-0.05, 0) is 30.9 Å². The summed E-state index contributed by atoms with van der Waals surface area (Å²) >= 11 is 0. The average molecular weight is 281 g/mol. The predicted molar refractivity (Wildman–Crippen MR) is 77.5 cm³/mol. The number of Topliss-reactive ketones (excluding diaryl/α,β-unsaturated/α-hetero) is 1. The molecule has 0 unspecified atom stereocenters. The standard InChI is InChI=1S/C16H15N3O2/c20-15-7-6-12-13(15)2-1-3-14(12)18-16(21)10-8-17-19(9-10)11-4-5-11/h1-3,8-9,11H,4-7H2,(H,18,21). The lowest BCUT2D eigenvalue weighted by Crippen LogP contribution is -2.12. The first-order valence-corrected chi connectivity index (χ1v) is 7.23. The van der Waals surface area contributed by atoms with Crippen molar-refractivity contribution in [1.29, 1.82) is 0 Å². The monoisotopic (exact) mass is 281 g/mol. The van der Waals surface area contributed by atoms with Gasteiger partial charge < -0.3 is 5.32 Å². The number of amides is 1. The quantitative estimate of drug-likeness (QED) is 0.940. The largest absolute Gasteiger partial charge is 0.322 e. The molecule has 2 aliphatic carbocycles. The van der Waals surface area contributed by atoms with Gasteiger partial charge in [0.15, 0.2) is 5.78 Å². The molecule has 1 amide bonds. The van der Waals surface area contributed by atoms with Gasteiger partial charge in [0.2, 0.25) is 0 Å². The zero-order valence-corrected chi connectivity index (χ0v) is 11.5. The molecule has 1 N–H and O–H groups in total. The summed E-state index contributed by atoms with van der Waals surface area (Å²) in [7, 11) is 0. The summed E-state index contributed by atoms with van der Waals surface area (Å²) in [6.07, 6.45) is 6.89. The number of hydrogen-bond acceptors (Lipinski definition) is 3. The number of fused-ring (bicyclic) bond motifs is 1. The molecule has 5 heteroatoms. The summed E-state index contributed by atoms with van der Waals surface area (Å²) in [5.41, 5.74) is 2.98. The second-order valence-electron chi connectivity index (χ2n) is 5.65. The number of nitrogens with zero attached hydrogens (tertiary/aromatic N) is 2. The molecule has 0 aliphatic heterocycles. The molecule has 0 saturated heterocycles. The number of carbonyl (C=O) groups excluding carboxylic acids is 2. The third-order valence-corrected chi connectivity index (χ3v) is 4.11. The fraction of sp³-hybridized carbons (Fsp3) is 0.312. The molecule has 5 nitrogen and oxygen atoms in total. The molecule has 0 radical (unpaired) electrons. The number of carbonyl (C=O) groups is 2. The van der Waals surface area contributed by atoms with Crippen molar-refractivity contribution < 1.29 is 9.59 Å². The fourth-order valence-corrected chi connectivity index (χ4v) is 2.80. The van der Waals surface area contributed by atoms with Crippen molar-refractivity contribution in [2.24, 2.45) is 0 Å². The van der Waals surface area contributed by atoms with E-state index >= 15 is 0 Å². The maximum atomic E-state index is 12.3. The van der Waals surface area contributed by atoms with Gasteiger partial charge in [-0.25, -0.2) is 0 Å². The Kier molecular flexibility index (Phi) is 2.67. The number of rotatable bonds is 3. The van der Waals surface area contributed by atoms with E-state index in [0.717, 1.165) is 29.7 Å². The topological polar surface area (TPSA) is 64.0 Å². The summed E-state index contributed by atoms with van der Waals surface area (Å²) < 4.78 is 1.86. The molecule has 1 heterocycles. The minimum Gasteiger partial charge on any atom is -0.322 e. The summed E-state index contributed by atoms with van der Waals surface area (Å²) in [4.78, 5) is 24.0. The SMILES string of the molecule is O=C(Nc1cccc2c1CCC2=O)c1cnn(C2CC2)c1. The number of hydrogen-bond donors (Lipinski definition) is 1. The fourth-order valence-electron chi connectivity index (χ4n) is 2.80. The number of anilines is 1. The minimum atomic E-state index is -0.172. The molecule has 0 spiro atoms. The van der Waals surface area contributed by atoms with Crippen LogP contribution in [0.5, 0.6) is 0 Å². The van der Waals surface area contributed by atoms with Crippen molar-refractivity contribution in [3.63, 3.8) is 0 Å². The Balaban J connectivity index is 1.58. The maximum absolute atomic E-state index is 12.3. The molecular weight excluding hydrogens is 266 g/mol. The highest BCUT2D eigenvalue weighted by Crippen LogP contribution is 2.34. The number of ketones is 1. The van der Waals surface area contributed by atoms with Crippen LogP contribution in [0.4, 0.5) is 5.69 Å². The van der Waals surface area contributed by atoms with Gasteiger partial charge in [-0.3, -0.25) is 14.3 Å². The molecule has 106 valence electrons. The highest BCUT2D eigenvalue weighted by atomic mass is 16.1.